The van der Waals surface area contributed by atoms with Crippen LogP contribution in [-0.4, -0.2) is 48.6 Å². The third-order valence-corrected chi connectivity index (χ3v) is 5.54. The molecule has 0 radical (unpaired) electrons. The van der Waals surface area contributed by atoms with Gasteiger partial charge < -0.3 is 14.5 Å². The SMILES string of the molecule is Cc1cccc(OCC(=O)N2CCN(c3cc(C)c4cccc(C)c4n3)CC2)c1. The van der Waals surface area contributed by atoms with Crippen LogP contribution < -0.4 is 9.64 Å². The maximum absolute atomic E-state index is 12.5. The monoisotopic (exact) mass is 389 g/mol. The van der Waals surface area contributed by atoms with Gasteiger partial charge in [-0.05, 0) is 55.7 Å². The molecular formula is C24H27N3O2. The van der Waals surface area contributed by atoms with Crippen molar-refractivity contribution in [2.24, 2.45) is 0 Å². The molecule has 0 saturated carbocycles. The second-order valence-corrected chi connectivity index (χ2v) is 7.74. The normalized spacial score (nSPS) is 14.3. The quantitative estimate of drug-likeness (QED) is 0.679. The van der Waals surface area contributed by atoms with Crippen LogP contribution in [0.3, 0.4) is 0 Å². The fourth-order valence-corrected chi connectivity index (χ4v) is 3.83. The van der Waals surface area contributed by atoms with Crippen LogP contribution in [0.25, 0.3) is 10.9 Å². The molecule has 1 aromatic heterocycles. The molecule has 0 atom stereocenters. The highest BCUT2D eigenvalue weighted by atomic mass is 16.5. The van der Waals surface area contributed by atoms with Gasteiger partial charge in [-0.2, -0.15) is 0 Å². The zero-order chi connectivity index (χ0) is 20.4. The van der Waals surface area contributed by atoms with Crippen LogP contribution in [0.4, 0.5) is 5.82 Å². The van der Waals surface area contributed by atoms with Gasteiger partial charge in [-0.25, -0.2) is 4.98 Å². The Hall–Kier alpha value is -3.08. The number of para-hydroxylation sites is 1. The molecule has 0 N–H and O–H groups in total. The summed E-state index contributed by atoms with van der Waals surface area (Å²) in [4.78, 5) is 21.6. The van der Waals surface area contributed by atoms with Crippen molar-refractivity contribution in [1.82, 2.24) is 9.88 Å². The number of hydrogen-bond donors (Lipinski definition) is 0. The zero-order valence-electron chi connectivity index (χ0n) is 17.3. The first-order valence-corrected chi connectivity index (χ1v) is 10.1. The standard InChI is InChI=1S/C24H27N3O2/c1-17-6-4-8-20(14-17)29-16-23(28)27-12-10-26(11-13-27)22-15-19(3)21-9-5-7-18(2)24(21)25-22/h4-9,14-15H,10-13,16H2,1-3H3. The summed E-state index contributed by atoms with van der Waals surface area (Å²) in [6.07, 6.45) is 0. The van der Waals surface area contributed by atoms with Gasteiger partial charge in [0, 0.05) is 31.6 Å². The fraction of sp³-hybridized carbons (Fsp3) is 0.333. The van der Waals surface area contributed by atoms with Crippen LogP contribution in [0.15, 0.2) is 48.5 Å². The number of nitrogens with zero attached hydrogens (tertiary/aromatic N) is 3. The van der Waals surface area contributed by atoms with E-state index < -0.39 is 0 Å². The third kappa shape index (κ3) is 4.19. The van der Waals surface area contributed by atoms with Gasteiger partial charge in [-0.1, -0.05) is 30.3 Å². The lowest BCUT2D eigenvalue weighted by Crippen LogP contribution is -2.50. The number of carbonyl (C=O) groups is 1. The van der Waals surface area contributed by atoms with E-state index in [0.717, 1.165) is 35.7 Å². The molecule has 29 heavy (non-hydrogen) atoms. The van der Waals surface area contributed by atoms with E-state index in [-0.39, 0.29) is 12.5 Å². The van der Waals surface area contributed by atoms with Crippen LogP contribution in [0.5, 0.6) is 5.75 Å². The minimum atomic E-state index is 0.0321. The summed E-state index contributed by atoms with van der Waals surface area (Å²) in [5.74, 6) is 1.76. The zero-order valence-corrected chi connectivity index (χ0v) is 17.3. The number of fused-ring (bicyclic) bond motifs is 1. The molecule has 0 spiro atoms. The van der Waals surface area contributed by atoms with E-state index in [4.69, 9.17) is 9.72 Å². The lowest BCUT2D eigenvalue weighted by Gasteiger charge is -2.35. The Bertz CT molecular complexity index is 1040. The molecule has 1 aliphatic heterocycles. The fourth-order valence-electron chi connectivity index (χ4n) is 3.83. The number of pyridine rings is 1. The highest BCUT2D eigenvalue weighted by Crippen LogP contribution is 2.25. The predicted octanol–water partition coefficient (Wildman–Crippen LogP) is 3.89. The van der Waals surface area contributed by atoms with E-state index in [1.54, 1.807) is 0 Å². The van der Waals surface area contributed by atoms with Gasteiger partial charge in [0.2, 0.25) is 0 Å². The molecule has 150 valence electrons. The molecule has 1 saturated heterocycles. The van der Waals surface area contributed by atoms with Crippen molar-refractivity contribution in [1.29, 1.82) is 0 Å². The van der Waals surface area contributed by atoms with Crippen molar-refractivity contribution in [3.63, 3.8) is 0 Å². The predicted molar refractivity (Wildman–Crippen MR) is 117 cm³/mol. The Kier molecular flexibility index (Phi) is 5.38. The highest BCUT2D eigenvalue weighted by molar-refractivity contribution is 5.86. The van der Waals surface area contributed by atoms with Crippen LogP contribution in [0.1, 0.15) is 16.7 Å². The third-order valence-electron chi connectivity index (χ3n) is 5.54. The first-order valence-electron chi connectivity index (χ1n) is 10.1. The molecule has 0 bridgehead atoms. The average Bonchev–Trinajstić information content (AvgIpc) is 2.73. The van der Waals surface area contributed by atoms with Crippen molar-refractivity contribution in [2.75, 3.05) is 37.7 Å². The number of ether oxygens (including phenoxy) is 1. The van der Waals surface area contributed by atoms with Crippen molar-refractivity contribution >= 4 is 22.6 Å². The Morgan fingerprint density at radius 3 is 2.48 bits per heavy atom. The molecule has 1 amide bonds. The van der Waals surface area contributed by atoms with Crippen molar-refractivity contribution in [3.05, 3.63) is 65.2 Å². The molecule has 1 aliphatic rings. The highest BCUT2D eigenvalue weighted by Gasteiger charge is 2.23. The molecule has 2 aromatic carbocycles. The molecule has 1 fully saturated rings. The van der Waals surface area contributed by atoms with Gasteiger partial charge in [0.15, 0.2) is 6.61 Å². The van der Waals surface area contributed by atoms with Gasteiger partial charge >= 0.3 is 0 Å². The summed E-state index contributed by atoms with van der Waals surface area (Å²) in [6, 6.07) is 16.2. The molecule has 0 unspecified atom stereocenters. The van der Waals surface area contributed by atoms with E-state index in [1.165, 1.54) is 16.5 Å². The Labute approximate surface area is 171 Å². The van der Waals surface area contributed by atoms with Crippen molar-refractivity contribution in [3.8, 4) is 5.75 Å². The van der Waals surface area contributed by atoms with Gasteiger partial charge in [-0.3, -0.25) is 4.79 Å². The number of anilines is 1. The van der Waals surface area contributed by atoms with Crippen molar-refractivity contribution < 1.29 is 9.53 Å². The molecule has 2 heterocycles. The van der Waals surface area contributed by atoms with E-state index in [0.29, 0.717) is 13.1 Å². The van der Waals surface area contributed by atoms with Gasteiger partial charge in [0.25, 0.3) is 5.91 Å². The minimum Gasteiger partial charge on any atom is -0.484 e. The molecule has 4 rings (SSSR count). The molecule has 5 heteroatoms. The van der Waals surface area contributed by atoms with Crippen LogP contribution in [0, 0.1) is 20.8 Å². The van der Waals surface area contributed by atoms with Crippen LogP contribution in [0.2, 0.25) is 0 Å². The van der Waals surface area contributed by atoms with E-state index >= 15 is 0 Å². The Balaban J connectivity index is 1.38. The first kappa shape index (κ1) is 19.2. The maximum Gasteiger partial charge on any atom is 0.260 e. The molecule has 0 aliphatic carbocycles. The Morgan fingerprint density at radius 2 is 1.72 bits per heavy atom. The Morgan fingerprint density at radius 1 is 0.966 bits per heavy atom. The maximum atomic E-state index is 12.5. The molecular weight excluding hydrogens is 362 g/mol. The summed E-state index contributed by atoms with van der Waals surface area (Å²) in [5.41, 5.74) is 4.61. The summed E-state index contributed by atoms with van der Waals surface area (Å²) in [7, 11) is 0. The number of amides is 1. The van der Waals surface area contributed by atoms with Gasteiger partial charge in [0.05, 0.1) is 5.52 Å². The second-order valence-electron chi connectivity index (χ2n) is 7.74. The minimum absolute atomic E-state index is 0.0321. The summed E-state index contributed by atoms with van der Waals surface area (Å²) in [6.45, 7) is 9.25. The molecule has 5 nitrogen and oxygen atoms in total. The first-order chi connectivity index (χ1) is 14.0. The lowest BCUT2D eigenvalue weighted by atomic mass is 10.1. The molecule has 3 aromatic rings. The van der Waals surface area contributed by atoms with E-state index in [1.807, 2.05) is 36.1 Å². The largest absolute Gasteiger partial charge is 0.484 e. The second kappa shape index (κ2) is 8.11. The van der Waals surface area contributed by atoms with E-state index in [9.17, 15) is 4.79 Å². The summed E-state index contributed by atoms with van der Waals surface area (Å²) >= 11 is 0. The lowest BCUT2D eigenvalue weighted by molar-refractivity contribution is -0.133. The number of hydrogen-bond acceptors (Lipinski definition) is 4. The van der Waals surface area contributed by atoms with Crippen LogP contribution >= 0.6 is 0 Å². The van der Waals surface area contributed by atoms with Gasteiger partial charge in [0.1, 0.15) is 11.6 Å². The summed E-state index contributed by atoms with van der Waals surface area (Å²) < 4.78 is 5.67. The van der Waals surface area contributed by atoms with Gasteiger partial charge in [-0.15, -0.1) is 0 Å². The van der Waals surface area contributed by atoms with Crippen molar-refractivity contribution in [2.45, 2.75) is 20.8 Å². The van der Waals surface area contributed by atoms with E-state index in [2.05, 4.69) is 43.0 Å². The van der Waals surface area contributed by atoms with Crippen LogP contribution in [-0.2, 0) is 4.79 Å². The number of rotatable bonds is 4. The smallest absolute Gasteiger partial charge is 0.260 e. The topological polar surface area (TPSA) is 45.7 Å². The number of aryl methyl sites for hydroxylation is 3. The number of benzene rings is 2. The number of piperazine rings is 1. The number of carbonyl (C=O) groups excluding carboxylic acids is 1. The summed E-state index contributed by atoms with van der Waals surface area (Å²) in [5, 5.41) is 1.20. The average molecular weight is 389 g/mol. The number of aromatic nitrogens is 1.